The molecule has 12 nitrogen and oxygen atoms in total. The number of thioether (sulfide) groups is 2. The molecule has 0 aliphatic carbocycles. The summed E-state index contributed by atoms with van der Waals surface area (Å²) in [5.41, 5.74) is -0.939. The number of nitrogens with one attached hydrogen (secondary N) is 5. The van der Waals surface area contributed by atoms with Gasteiger partial charge in [0.25, 0.3) is 0 Å². The number of rotatable bonds is 11. The fourth-order valence-electron chi connectivity index (χ4n) is 7.21. The van der Waals surface area contributed by atoms with E-state index in [-0.39, 0.29) is 59.2 Å². The Kier molecular flexibility index (Phi) is 12.3. The van der Waals surface area contributed by atoms with Gasteiger partial charge in [-0.2, -0.15) is 0 Å². The number of ketones is 1. The lowest BCUT2D eigenvalue weighted by atomic mass is 9.81. The third kappa shape index (κ3) is 8.11. The molecule has 264 valence electrons. The molecule has 47 heavy (non-hydrogen) atoms. The summed E-state index contributed by atoms with van der Waals surface area (Å²) in [6, 6.07) is -3.12. The maximum Gasteiger partial charge on any atom is 0.246 e. The predicted octanol–water partition coefficient (Wildman–Crippen LogP) is 1.23. The Balaban J connectivity index is 1.44. The Morgan fingerprint density at radius 1 is 0.830 bits per heavy atom. The Labute approximate surface area is 293 Å². The number of amides is 4. The van der Waals surface area contributed by atoms with Crippen LogP contribution in [-0.4, -0.2) is 123 Å². The van der Waals surface area contributed by atoms with E-state index in [0.29, 0.717) is 36.4 Å². The summed E-state index contributed by atoms with van der Waals surface area (Å²) in [6.07, 6.45) is 2.51. The molecule has 4 aliphatic heterocycles. The van der Waals surface area contributed by atoms with E-state index < -0.39 is 41.0 Å². The number of likely N-dealkylation sites (N-methyl/N-ethyl adjacent to an activating group) is 2. The van der Waals surface area contributed by atoms with Crippen LogP contribution in [0, 0.1) is 10.8 Å². The quantitative estimate of drug-likeness (QED) is 0.197. The number of Topliss-reactive ketones (excluding diaryl/α,β-unsaturated/α-hetero) is 1. The average Bonchev–Trinajstić information content (AvgIpc) is 3.33. The van der Waals surface area contributed by atoms with Crippen LogP contribution < -0.4 is 26.6 Å². The van der Waals surface area contributed by atoms with Gasteiger partial charge >= 0.3 is 0 Å². The van der Waals surface area contributed by atoms with Crippen molar-refractivity contribution in [1.29, 1.82) is 0 Å². The molecule has 4 aliphatic rings. The molecule has 0 aromatic heterocycles. The second-order valence-corrected chi connectivity index (χ2v) is 17.6. The minimum atomic E-state index is -0.699. The van der Waals surface area contributed by atoms with Crippen molar-refractivity contribution in [2.45, 2.75) is 121 Å². The van der Waals surface area contributed by atoms with E-state index in [1.165, 1.54) is 0 Å². The summed E-state index contributed by atoms with van der Waals surface area (Å²) in [4.78, 5) is 72.1. The lowest BCUT2D eigenvalue weighted by Crippen LogP contribution is -2.58. The second-order valence-electron chi connectivity index (χ2n) is 14.6. The van der Waals surface area contributed by atoms with Crippen molar-refractivity contribution in [3.8, 4) is 0 Å². The smallest absolute Gasteiger partial charge is 0.246 e. The molecule has 0 aromatic carbocycles. The fraction of sp³-hybridized carbons (Fsp3) is 0.812. The van der Waals surface area contributed by atoms with Crippen molar-refractivity contribution in [1.82, 2.24) is 36.4 Å². The molecule has 15 heteroatoms. The van der Waals surface area contributed by atoms with Crippen molar-refractivity contribution >= 4 is 70.1 Å². The number of fused-ring (bicyclic) bond motifs is 2. The largest absolute Gasteiger partial charge is 0.367 e. The number of thiocarbonyl (C=S) groups is 1. The number of hydrogen-bond acceptors (Lipinski definition) is 10. The first kappa shape index (κ1) is 37.9. The predicted molar refractivity (Wildman–Crippen MR) is 191 cm³/mol. The van der Waals surface area contributed by atoms with Crippen LogP contribution in [0.2, 0.25) is 0 Å². The lowest BCUT2D eigenvalue weighted by molar-refractivity contribution is -0.143. The Morgan fingerprint density at radius 2 is 1.32 bits per heavy atom. The Bertz CT molecular complexity index is 1160. The van der Waals surface area contributed by atoms with Gasteiger partial charge in [-0.05, 0) is 76.0 Å². The third-order valence-corrected chi connectivity index (χ3v) is 13.1. The maximum absolute atomic E-state index is 13.9. The van der Waals surface area contributed by atoms with Crippen LogP contribution in [0.25, 0.3) is 0 Å². The summed E-state index contributed by atoms with van der Waals surface area (Å²) >= 11 is 8.87. The van der Waals surface area contributed by atoms with Gasteiger partial charge in [0.2, 0.25) is 23.6 Å². The van der Waals surface area contributed by atoms with Crippen molar-refractivity contribution in [2.75, 3.05) is 32.1 Å². The molecular weight excluding hydrogens is 659 g/mol. The topological polar surface area (TPSA) is 152 Å². The third-order valence-electron chi connectivity index (χ3n) is 10.1. The molecule has 4 rings (SSSR count). The summed E-state index contributed by atoms with van der Waals surface area (Å²) in [6.45, 7) is 11.8. The maximum atomic E-state index is 13.9. The zero-order chi connectivity index (χ0) is 34.8. The Hall–Kier alpha value is -1.94. The molecule has 0 spiro atoms. The van der Waals surface area contributed by atoms with Crippen molar-refractivity contribution in [3.05, 3.63) is 0 Å². The molecule has 4 saturated heterocycles. The zero-order valence-electron chi connectivity index (χ0n) is 28.9. The van der Waals surface area contributed by atoms with E-state index in [4.69, 9.17) is 12.2 Å². The highest BCUT2D eigenvalue weighted by Crippen LogP contribution is 2.48. The molecule has 5 N–H and O–H groups in total. The molecule has 4 heterocycles. The van der Waals surface area contributed by atoms with E-state index in [9.17, 15) is 24.0 Å². The van der Waals surface area contributed by atoms with Crippen LogP contribution in [0.15, 0.2) is 0 Å². The standard InChI is InChI=1S/C32H53N7O5S3/c1-17(33-7)26(41)36-19-10-13-46-22-15-31(3,4)24(38(22)29(19)43)21(40)9-12-35-27(42)25-32(5,6)16-23-39(25)30(44)20(11-14-47-23)37-28(45)18(2)34-8/h17-20,22-25,33-34H,9-16H2,1-8H3,(H,35,42)(H,36,41)(H,37,45)/t17-,18-,19-,20-,22-,23-,24+,25+/m0/s1. The first-order valence-electron chi connectivity index (χ1n) is 16.7. The number of nitrogens with zero attached hydrogens (tertiary/aromatic N) is 2. The van der Waals surface area contributed by atoms with E-state index in [1.807, 2.05) is 41.7 Å². The van der Waals surface area contributed by atoms with Gasteiger partial charge in [-0.25, -0.2) is 0 Å². The summed E-state index contributed by atoms with van der Waals surface area (Å²) in [5.74, 6) is 0.447. The normalized spacial score (nSPS) is 31.1. The molecule has 0 radical (unpaired) electrons. The van der Waals surface area contributed by atoms with Gasteiger partial charge in [0.1, 0.15) is 18.1 Å². The van der Waals surface area contributed by atoms with Gasteiger partial charge in [0.15, 0.2) is 5.78 Å². The highest BCUT2D eigenvalue weighted by molar-refractivity contribution is 8.00. The number of carbonyl (C=O) groups is 5. The first-order valence-corrected chi connectivity index (χ1v) is 19.2. The second kappa shape index (κ2) is 15.3. The molecule has 0 unspecified atom stereocenters. The minimum Gasteiger partial charge on any atom is -0.367 e. The fourth-order valence-corrected chi connectivity index (χ4v) is 10.6. The highest BCUT2D eigenvalue weighted by atomic mass is 32.2. The molecule has 4 fully saturated rings. The van der Waals surface area contributed by atoms with Crippen molar-refractivity contribution in [3.63, 3.8) is 0 Å². The van der Waals surface area contributed by atoms with Gasteiger partial charge < -0.3 is 36.4 Å². The van der Waals surface area contributed by atoms with E-state index in [1.54, 1.807) is 47.3 Å². The minimum absolute atomic E-state index is 0.0500. The van der Waals surface area contributed by atoms with Crippen molar-refractivity contribution in [2.24, 2.45) is 10.8 Å². The molecule has 4 amide bonds. The van der Waals surface area contributed by atoms with Gasteiger partial charge in [-0.3, -0.25) is 24.0 Å². The van der Waals surface area contributed by atoms with E-state index >= 15 is 0 Å². The molecule has 0 saturated carbocycles. The van der Waals surface area contributed by atoms with Gasteiger partial charge in [-0.1, -0.05) is 39.9 Å². The van der Waals surface area contributed by atoms with Gasteiger partial charge in [0, 0.05) is 13.0 Å². The number of carbonyl (C=O) groups excluding carboxylic acids is 5. The monoisotopic (exact) mass is 711 g/mol. The zero-order valence-corrected chi connectivity index (χ0v) is 31.4. The van der Waals surface area contributed by atoms with Gasteiger partial charge in [-0.15, -0.1) is 23.5 Å². The van der Waals surface area contributed by atoms with Crippen molar-refractivity contribution < 1.29 is 24.0 Å². The number of hydrogen-bond donors (Lipinski definition) is 5. The molecule has 0 bridgehead atoms. The first-order chi connectivity index (χ1) is 22.0. The van der Waals surface area contributed by atoms with Crippen LogP contribution >= 0.6 is 35.7 Å². The summed E-state index contributed by atoms with van der Waals surface area (Å²) < 4.78 is 0. The summed E-state index contributed by atoms with van der Waals surface area (Å²) in [7, 11) is 3.50. The van der Waals surface area contributed by atoms with Crippen LogP contribution in [0.5, 0.6) is 0 Å². The van der Waals surface area contributed by atoms with Gasteiger partial charge in [0.05, 0.1) is 33.9 Å². The lowest BCUT2D eigenvalue weighted by Gasteiger charge is -2.35. The molecule has 0 aromatic rings. The van der Waals surface area contributed by atoms with Crippen LogP contribution in [0.1, 0.15) is 73.6 Å². The summed E-state index contributed by atoms with van der Waals surface area (Å²) in [5, 5.41) is 14.8. The average molecular weight is 712 g/mol. The SMILES string of the molecule is CN[C@@H](C)C(=O)N[C@H]1CCS[C@H]2CC(C)(C)[C@@H](C(=O)CCNC(=O)[C@H]3N4C(=O)[C@@H](NC(=S)[C@H](C)NC)CCS[C@H]4CC3(C)C)N2C1=O. The molecule has 8 atom stereocenters. The molecular formula is C32H53N7O5S3. The van der Waals surface area contributed by atoms with E-state index in [0.717, 1.165) is 5.75 Å². The van der Waals surface area contributed by atoms with Crippen LogP contribution in [-0.2, 0) is 24.0 Å². The van der Waals surface area contributed by atoms with Crippen LogP contribution in [0.3, 0.4) is 0 Å². The van der Waals surface area contributed by atoms with Crippen LogP contribution in [0.4, 0.5) is 0 Å². The Morgan fingerprint density at radius 3 is 1.85 bits per heavy atom. The van der Waals surface area contributed by atoms with E-state index in [2.05, 4.69) is 26.6 Å². The highest BCUT2D eigenvalue weighted by Gasteiger charge is 2.56.